The topological polar surface area (TPSA) is 61.7 Å². The molecule has 0 aliphatic carbocycles. The fourth-order valence-electron chi connectivity index (χ4n) is 2.07. The minimum absolute atomic E-state index is 0.0967. The Morgan fingerprint density at radius 1 is 1.25 bits per heavy atom. The number of thioether (sulfide) groups is 1. The average molecular weight is 360 g/mol. The van der Waals surface area contributed by atoms with Gasteiger partial charge in [0, 0.05) is 0 Å². The molecular weight excluding hydrogens is 341 g/mol. The molecule has 1 saturated heterocycles. The number of rotatable bonds is 3. The largest absolute Gasteiger partial charge is 0.421 e. The van der Waals surface area contributed by atoms with Crippen LogP contribution in [0.5, 0.6) is 0 Å². The lowest BCUT2D eigenvalue weighted by Crippen LogP contribution is -2.39. The lowest BCUT2D eigenvalue weighted by atomic mass is 9.95. The fraction of sp³-hybridized carbons (Fsp3) is 0.500. The summed E-state index contributed by atoms with van der Waals surface area (Å²) in [7, 11) is 0. The highest BCUT2D eigenvalue weighted by atomic mass is 32.2. The molecule has 0 radical (unpaired) electrons. The Kier molecular flexibility index (Phi) is 4.76. The zero-order chi connectivity index (χ0) is 18.3. The number of carbonyl (C=O) groups is 1. The van der Waals surface area contributed by atoms with Gasteiger partial charge in [0.2, 0.25) is 5.91 Å². The molecule has 0 saturated carbocycles. The molecule has 4 nitrogen and oxygen atoms in total. The summed E-state index contributed by atoms with van der Waals surface area (Å²) < 4.78 is 37.8. The van der Waals surface area contributed by atoms with E-state index in [2.05, 4.69) is 10.3 Å². The standard InChI is InChI=1S/C16H19F3N2O2S/c1-9(2)14(3)12(22)21-13(24-14)20-11-7-5-10(6-8-11)15(4,23)16(17,18)19/h5-9,23H,1-4H3,(H,20,21,22)/t14-,15?/m0/s1. The maximum atomic E-state index is 12.8. The van der Waals surface area contributed by atoms with E-state index in [0.29, 0.717) is 17.8 Å². The maximum absolute atomic E-state index is 12.8. The van der Waals surface area contributed by atoms with Gasteiger partial charge in [-0.15, -0.1) is 0 Å². The van der Waals surface area contributed by atoms with Gasteiger partial charge in [-0.05, 0) is 37.5 Å². The van der Waals surface area contributed by atoms with Crippen LogP contribution < -0.4 is 5.32 Å². The third-order valence-electron chi connectivity index (χ3n) is 4.29. The number of benzene rings is 1. The number of halogens is 3. The maximum Gasteiger partial charge on any atom is 0.421 e. The van der Waals surface area contributed by atoms with Gasteiger partial charge in [0.25, 0.3) is 0 Å². The lowest BCUT2D eigenvalue weighted by molar-refractivity contribution is -0.258. The van der Waals surface area contributed by atoms with Crippen molar-refractivity contribution in [2.45, 2.75) is 44.2 Å². The number of aliphatic imine (C=N–C) groups is 1. The summed E-state index contributed by atoms with van der Waals surface area (Å²) >= 11 is 1.30. The van der Waals surface area contributed by atoms with Crippen LogP contribution in [0, 0.1) is 5.92 Å². The van der Waals surface area contributed by atoms with Crippen LogP contribution in [0.15, 0.2) is 29.3 Å². The number of nitrogens with zero attached hydrogens (tertiary/aromatic N) is 1. The van der Waals surface area contributed by atoms with Crippen molar-refractivity contribution >= 4 is 28.5 Å². The predicted octanol–water partition coefficient (Wildman–Crippen LogP) is 3.72. The smallest absolute Gasteiger partial charge is 0.376 e. The van der Waals surface area contributed by atoms with Crippen molar-refractivity contribution in [3.63, 3.8) is 0 Å². The highest BCUT2D eigenvalue weighted by Gasteiger charge is 2.51. The Morgan fingerprint density at radius 3 is 2.21 bits per heavy atom. The molecule has 1 heterocycles. The zero-order valence-corrected chi connectivity index (χ0v) is 14.5. The molecule has 2 N–H and O–H groups in total. The molecule has 1 fully saturated rings. The Morgan fingerprint density at radius 2 is 1.79 bits per heavy atom. The zero-order valence-electron chi connectivity index (χ0n) is 13.7. The molecule has 2 atom stereocenters. The quantitative estimate of drug-likeness (QED) is 0.864. The molecular formula is C16H19F3N2O2S. The molecule has 8 heteroatoms. The number of hydrogen-bond acceptors (Lipinski definition) is 4. The molecule has 132 valence electrons. The van der Waals surface area contributed by atoms with Crippen molar-refractivity contribution in [3.05, 3.63) is 29.8 Å². The highest BCUT2D eigenvalue weighted by molar-refractivity contribution is 8.16. The van der Waals surface area contributed by atoms with Crippen molar-refractivity contribution < 1.29 is 23.1 Å². The number of amidine groups is 1. The van der Waals surface area contributed by atoms with E-state index in [1.54, 1.807) is 0 Å². The number of nitrogens with one attached hydrogen (secondary N) is 1. The summed E-state index contributed by atoms with van der Waals surface area (Å²) in [4.78, 5) is 16.3. The van der Waals surface area contributed by atoms with E-state index >= 15 is 0 Å². The van der Waals surface area contributed by atoms with E-state index in [0.717, 1.165) is 0 Å². The molecule has 0 aromatic heterocycles. The molecule has 1 aromatic rings. The average Bonchev–Trinajstić information content (AvgIpc) is 2.74. The van der Waals surface area contributed by atoms with Crippen LogP contribution in [0.3, 0.4) is 0 Å². The van der Waals surface area contributed by atoms with E-state index in [4.69, 9.17) is 0 Å². The lowest BCUT2D eigenvalue weighted by Gasteiger charge is -2.26. The van der Waals surface area contributed by atoms with Gasteiger partial charge < -0.3 is 10.4 Å². The predicted molar refractivity (Wildman–Crippen MR) is 88.1 cm³/mol. The van der Waals surface area contributed by atoms with Crippen LogP contribution in [0.25, 0.3) is 0 Å². The van der Waals surface area contributed by atoms with Crippen molar-refractivity contribution in [1.82, 2.24) is 5.32 Å². The van der Waals surface area contributed by atoms with Gasteiger partial charge in [0.05, 0.1) is 5.69 Å². The van der Waals surface area contributed by atoms with Crippen LogP contribution in [-0.2, 0) is 10.4 Å². The number of hydrogen-bond donors (Lipinski definition) is 2. The molecule has 1 unspecified atom stereocenters. The monoisotopic (exact) mass is 360 g/mol. The van der Waals surface area contributed by atoms with Crippen molar-refractivity contribution in [2.75, 3.05) is 0 Å². The van der Waals surface area contributed by atoms with Crippen LogP contribution >= 0.6 is 11.8 Å². The molecule has 2 rings (SSSR count). The Bertz CT molecular complexity index is 669. The first-order valence-corrected chi connectivity index (χ1v) is 8.18. The minimum Gasteiger partial charge on any atom is -0.376 e. The second kappa shape index (κ2) is 6.07. The molecule has 1 aliphatic heterocycles. The Hall–Kier alpha value is -1.54. The number of carbonyl (C=O) groups excluding carboxylic acids is 1. The first kappa shape index (κ1) is 18.8. The summed E-state index contributed by atoms with van der Waals surface area (Å²) in [6.45, 7) is 6.39. The molecule has 1 aliphatic rings. The van der Waals surface area contributed by atoms with Crippen molar-refractivity contribution in [3.8, 4) is 0 Å². The second-order valence-corrected chi connectivity index (χ2v) is 7.79. The van der Waals surface area contributed by atoms with E-state index in [1.807, 2.05) is 20.8 Å². The molecule has 0 bridgehead atoms. The fourth-order valence-corrected chi connectivity index (χ4v) is 3.14. The van der Waals surface area contributed by atoms with Crippen molar-refractivity contribution in [1.29, 1.82) is 0 Å². The van der Waals surface area contributed by atoms with E-state index < -0.39 is 16.5 Å². The number of amides is 1. The molecule has 24 heavy (non-hydrogen) atoms. The third-order valence-corrected chi connectivity index (χ3v) is 5.76. The molecule has 1 aromatic carbocycles. The van der Waals surface area contributed by atoms with Crippen molar-refractivity contribution in [2.24, 2.45) is 10.9 Å². The van der Waals surface area contributed by atoms with Gasteiger partial charge in [-0.2, -0.15) is 13.2 Å². The van der Waals surface area contributed by atoms with Gasteiger partial charge >= 0.3 is 6.18 Å². The highest BCUT2D eigenvalue weighted by Crippen LogP contribution is 2.40. The van der Waals surface area contributed by atoms with E-state index in [1.165, 1.54) is 36.0 Å². The van der Waals surface area contributed by atoms with Crippen LogP contribution in [0.1, 0.15) is 33.3 Å². The third kappa shape index (κ3) is 3.30. The number of alkyl halides is 3. The SMILES string of the molecule is CC(C)[C@]1(C)SC(=Nc2ccc(C(C)(O)C(F)(F)F)cc2)NC1=O. The summed E-state index contributed by atoms with van der Waals surface area (Å²) in [5.41, 5.74) is -2.80. The number of aliphatic hydroxyl groups is 1. The van der Waals surface area contributed by atoms with E-state index in [9.17, 15) is 23.1 Å². The van der Waals surface area contributed by atoms with Crippen LogP contribution in [0.2, 0.25) is 0 Å². The van der Waals surface area contributed by atoms with Gasteiger partial charge in [0.15, 0.2) is 10.8 Å². The first-order chi connectivity index (χ1) is 10.9. The molecule has 1 amide bonds. The summed E-state index contributed by atoms with van der Waals surface area (Å²) in [6, 6.07) is 5.10. The minimum atomic E-state index is -4.77. The Balaban J connectivity index is 2.23. The van der Waals surface area contributed by atoms with Gasteiger partial charge in [-0.1, -0.05) is 37.7 Å². The summed E-state index contributed by atoms with van der Waals surface area (Å²) in [5, 5.41) is 12.7. The summed E-state index contributed by atoms with van der Waals surface area (Å²) in [6.07, 6.45) is -4.77. The molecule has 0 spiro atoms. The van der Waals surface area contributed by atoms with Gasteiger partial charge in [0.1, 0.15) is 4.75 Å². The van der Waals surface area contributed by atoms with Gasteiger partial charge in [-0.3, -0.25) is 4.79 Å². The van der Waals surface area contributed by atoms with Crippen LogP contribution in [-0.4, -0.2) is 27.1 Å². The van der Waals surface area contributed by atoms with Crippen LogP contribution in [0.4, 0.5) is 18.9 Å². The summed E-state index contributed by atoms with van der Waals surface area (Å²) in [5.74, 6) is -0.0441. The van der Waals surface area contributed by atoms with E-state index in [-0.39, 0.29) is 17.4 Å². The second-order valence-electron chi connectivity index (χ2n) is 6.35. The Labute approximate surface area is 142 Å². The first-order valence-electron chi connectivity index (χ1n) is 7.36. The normalized spacial score (nSPS) is 25.9. The van der Waals surface area contributed by atoms with Gasteiger partial charge in [-0.25, -0.2) is 4.99 Å².